The van der Waals surface area contributed by atoms with E-state index in [1.54, 1.807) is 17.8 Å². The molecule has 3 aromatic heterocycles. The molecule has 9 nitrogen and oxygen atoms in total. The Hall–Kier alpha value is -2.83. The van der Waals surface area contributed by atoms with Gasteiger partial charge < -0.3 is 10.1 Å². The van der Waals surface area contributed by atoms with Gasteiger partial charge in [0.2, 0.25) is 0 Å². The number of benzene rings is 1. The zero-order chi connectivity index (χ0) is 26.3. The summed E-state index contributed by atoms with van der Waals surface area (Å²) in [5.41, 5.74) is 3.31. The molecule has 0 spiro atoms. The average molecular weight is 570 g/mol. The van der Waals surface area contributed by atoms with Crippen LogP contribution in [-0.4, -0.2) is 74.9 Å². The largest absolute Gasteiger partial charge is 0.379 e. The van der Waals surface area contributed by atoms with Crippen LogP contribution in [0.5, 0.6) is 0 Å². The van der Waals surface area contributed by atoms with Crippen LogP contribution >= 0.6 is 34.7 Å². The van der Waals surface area contributed by atoms with Gasteiger partial charge in [-0.05, 0) is 49.7 Å². The van der Waals surface area contributed by atoms with Crippen LogP contribution in [0.3, 0.4) is 0 Å². The monoisotopic (exact) mass is 569 g/mol. The number of carbonyl (C=O) groups is 1. The molecule has 0 radical (unpaired) electrons. The number of thiazole rings is 1. The van der Waals surface area contributed by atoms with Gasteiger partial charge in [-0.1, -0.05) is 29.4 Å². The zero-order valence-corrected chi connectivity index (χ0v) is 23.4. The molecule has 4 heterocycles. The van der Waals surface area contributed by atoms with Crippen LogP contribution in [0.25, 0.3) is 17.1 Å². The van der Waals surface area contributed by atoms with Crippen LogP contribution in [0.4, 0.5) is 0 Å². The predicted octanol–water partition coefficient (Wildman–Crippen LogP) is 4.49. The molecule has 1 aliphatic rings. The molecule has 38 heavy (non-hydrogen) atoms. The van der Waals surface area contributed by atoms with Gasteiger partial charge in [-0.2, -0.15) is 0 Å². The second kappa shape index (κ2) is 12.8. The van der Waals surface area contributed by atoms with Gasteiger partial charge in [0.25, 0.3) is 5.91 Å². The van der Waals surface area contributed by atoms with Crippen LogP contribution in [0.1, 0.15) is 27.5 Å². The third-order valence-corrected chi connectivity index (χ3v) is 8.34. The van der Waals surface area contributed by atoms with Gasteiger partial charge in [0.15, 0.2) is 11.0 Å². The minimum Gasteiger partial charge on any atom is -0.379 e. The SMILES string of the molecule is Cc1ccc(Cl)cc1-n1c(SCc2nc(C(=O)NCCCN3CCOCC3)cs2)nnc1-c1ccncc1. The van der Waals surface area contributed by atoms with E-state index in [2.05, 4.69) is 30.4 Å². The summed E-state index contributed by atoms with van der Waals surface area (Å²) in [5.74, 6) is 1.12. The summed E-state index contributed by atoms with van der Waals surface area (Å²) >= 11 is 9.34. The normalized spacial score (nSPS) is 14.1. The first kappa shape index (κ1) is 26.8. The van der Waals surface area contributed by atoms with E-state index in [1.165, 1.54) is 23.1 Å². The quantitative estimate of drug-likeness (QED) is 0.220. The van der Waals surface area contributed by atoms with Crippen LogP contribution in [0.15, 0.2) is 53.3 Å². The van der Waals surface area contributed by atoms with E-state index in [1.807, 2.05) is 41.8 Å². The summed E-state index contributed by atoms with van der Waals surface area (Å²) in [7, 11) is 0. The van der Waals surface area contributed by atoms with Crippen LogP contribution in [0, 0.1) is 6.92 Å². The van der Waals surface area contributed by atoms with Crippen molar-refractivity contribution in [3.05, 3.63) is 69.4 Å². The van der Waals surface area contributed by atoms with Gasteiger partial charge in [0.1, 0.15) is 10.7 Å². The first-order chi connectivity index (χ1) is 18.6. The topological polar surface area (TPSA) is 98.1 Å². The maximum atomic E-state index is 12.6. The second-order valence-corrected chi connectivity index (χ2v) is 11.1. The van der Waals surface area contributed by atoms with Gasteiger partial charge in [0, 0.05) is 48.0 Å². The van der Waals surface area contributed by atoms with Gasteiger partial charge in [-0.15, -0.1) is 21.5 Å². The Bertz CT molecular complexity index is 1370. The van der Waals surface area contributed by atoms with E-state index >= 15 is 0 Å². The van der Waals surface area contributed by atoms with Gasteiger partial charge >= 0.3 is 0 Å². The maximum Gasteiger partial charge on any atom is 0.270 e. The van der Waals surface area contributed by atoms with Crippen molar-refractivity contribution < 1.29 is 9.53 Å². The third kappa shape index (κ3) is 6.59. The molecule has 1 N–H and O–H groups in total. The summed E-state index contributed by atoms with van der Waals surface area (Å²) in [5, 5.41) is 16.0. The number of hydrogen-bond donors (Lipinski definition) is 1. The summed E-state index contributed by atoms with van der Waals surface area (Å²) in [4.78, 5) is 23.6. The molecule has 0 saturated carbocycles. The lowest BCUT2D eigenvalue weighted by atomic mass is 10.2. The molecule has 5 rings (SSSR count). The van der Waals surface area contributed by atoms with E-state index in [9.17, 15) is 4.79 Å². The van der Waals surface area contributed by atoms with Crippen molar-refractivity contribution in [1.29, 1.82) is 0 Å². The first-order valence-corrected chi connectivity index (χ1v) is 14.6. The highest BCUT2D eigenvalue weighted by Crippen LogP contribution is 2.32. The molecule has 1 fully saturated rings. The van der Waals surface area contributed by atoms with Crippen molar-refractivity contribution >= 4 is 40.6 Å². The number of rotatable bonds is 10. The molecule has 0 aliphatic carbocycles. The number of carbonyl (C=O) groups excluding carboxylic acids is 1. The number of halogens is 1. The number of aryl methyl sites for hydroxylation is 1. The molecule has 1 aromatic carbocycles. The fraction of sp³-hybridized carbons (Fsp3) is 0.346. The Kier molecular flexibility index (Phi) is 9.02. The molecule has 12 heteroatoms. The fourth-order valence-electron chi connectivity index (χ4n) is 4.12. The number of thioether (sulfide) groups is 1. The minimum atomic E-state index is -0.142. The lowest BCUT2D eigenvalue weighted by Crippen LogP contribution is -2.38. The van der Waals surface area contributed by atoms with E-state index in [-0.39, 0.29) is 5.91 Å². The highest BCUT2D eigenvalue weighted by molar-refractivity contribution is 7.98. The van der Waals surface area contributed by atoms with Gasteiger partial charge in [-0.3, -0.25) is 19.2 Å². The van der Waals surface area contributed by atoms with Crippen molar-refractivity contribution in [3.63, 3.8) is 0 Å². The summed E-state index contributed by atoms with van der Waals surface area (Å²) in [6.07, 6.45) is 4.37. The lowest BCUT2D eigenvalue weighted by molar-refractivity contribution is 0.0374. The Balaban J connectivity index is 1.24. The number of ether oxygens (including phenoxy) is 1. The van der Waals surface area contributed by atoms with Crippen LogP contribution in [0.2, 0.25) is 5.02 Å². The number of nitrogens with zero attached hydrogens (tertiary/aromatic N) is 6. The summed E-state index contributed by atoms with van der Waals surface area (Å²) in [6, 6.07) is 9.58. The van der Waals surface area contributed by atoms with E-state index in [4.69, 9.17) is 16.3 Å². The highest BCUT2D eigenvalue weighted by atomic mass is 35.5. The lowest BCUT2D eigenvalue weighted by Gasteiger charge is -2.26. The molecule has 0 unspecified atom stereocenters. The van der Waals surface area contributed by atoms with Crippen molar-refractivity contribution in [1.82, 2.24) is 34.9 Å². The zero-order valence-electron chi connectivity index (χ0n) is 21.0. The van der Waals surface area contributed by atoms with Gasteiger partial charge in [0.05, 0.1) is 24.7 Å². The Morgan fingerprint density at radius 1 is 1.18 bits per heavy atom. The van der Waals surface area contributed by atoms with E-state index in [0.29, 0.717) is 34.0 Å². The number of hydrogen-bond acceptors (Lipinski definition) is 9. The smallest absolute Gasteiger partial charge is 0.270 e. The standard InChI is InChI=1S/C26H28ClN7O2S2/c1-18-3-4-20(27)15-22(18)34-24(19-5-8-28-9-6-19)31-32-26(34)38-17-23-30-21(16-37-23)25(35)29-7-2-10-33-11-13-36-14-12-33/h3-6,8-9,15-16H,2,7,10-14,17H2,1H3,(H,29,35). The summed E-state index contributed by atoms with van der Waals surface area (Å²) in [6.45, 7) is 7.08. The average Bonchev–Trinajstić information content (AvgIpc) is 3.60. The van der Waals surface area contributed by atoms with Gasteiger partial charge in [-0.25, -0.2) is 4.98 Å². The van der Waals surface area contributed by atoms with Crippen molar-refractivity contribution in [2.24, 2.45) is 0 Å². The number of nitrogens with one attached hydrogen (secondary N) is 1. The maximum absolute atomic E-state index is 12.6. The van der Waals surface area contributed by atoms with Crippen LogP contribution < -0.4 is 5.32 Å². The van der Waals surface area contributed by atoms with Crippen molar-refractivity contribution in [2.75, 3.05) is 39.4 Å². The van der Waals surface area contributed by atoms with Crippen LogP contribution in [-0.2, 0) is 10.5 Å². The predicted molar refractivity (Wildman–Crippen MR) is 150 cm³/mol. The third-order valence-electron chi connectivity index (χ3n) is 6.13. The first-order valence-electron chi connectivity index (χ1n) is 12.4. The van der Waals surface area contributed by atoms with E-state index < -0.39 is 0 Å². The van der Waals surface area contributed by atoms with Crippen molar-refractivity contribution in [3.8, 4) is 17.1 Å². The molecule has 0 atom stereocenters. The second-order valence-electron chi connectivity index (χ2n) is 8.79. The number of pyridine rings is 1. The number of amides is 1. The minimum absolute atomic E-state index is 0.142. The molecule has 1 saturated heterocycles. The molecule has 1 aliphatic heterocycles. The fourth-order valence-corrected chi connectivity index (χ4v) is 6.02. The highest BCUT2D eigenvalue weighted by Gasteiger charge is 2.19. The molecule has 1 amide bonds. The Morgan fingerprint density at radius 2 is 2.00 bits per heavy atom. The molecular formula is C26H28ClN7O2S2. The number of morpholine rings is 1. The molecule has 198 valence electrons. The molecule has 0 bridgehead atoms. The van der Waals surface area contributed by atoms with E-state index in [0.717, 1.165) is 61.1 Å². The van der Waals surface area contributed by atoms with Crippen molar-refractivity contribution in [2.45, 2.75) is 24.3 Å². The number of aromatic nitrogens is 5. The Morgan fingerprint density at radius 3 is 2.82 bits per heavy atom. The molecule has 4 aromatic rings. The Labute approximate surface area is 234 Å². The summed E-state index contributed by atoms with van der Waals surface area (Å²) < 4.78 is 7.39. The molecular weight excluding hydrogens is 542 g/mol.